The largest absolute Gasteiger partial charge is 0.477 e. The molecule has 0 bridgehead atoms. The fourth-order valence-electron chi connectivity index (χ4n) is 3.50. The fraction of sp³-hybridized carbons (Fsp3) is 0.471. The van der Waals surface area contributed by atoms with Crippen molar-refractivity contribution < 1.29 is 24.4 Å². The van der Waals surface area contributed by atoms with Crippen LogP contribution in [-0.2, 0) is 22.4 Å². The molecule has 3 rings (SSSR count). The summed E-state index contributed by atoms with van der Waals surface area (Å²) in [6.45, 7) is 3.52. The predicted molar refractivity (Wildman–Crippen MR) is 88.5 cm³/mol. The number of aliphatic hydroxyl groups is 1. The molecule has 24 heavy (non-hydrogen) atoms. The molecule has 4 atom stereocenters. The third-order valence-corrected chi connectivity index (χ3v) is 6.11. The van der Waals surface area contributed by atoms with Crippen LogP contribution < -0.4 is 4.57 Å². The molecule has 0 saturated carbocycles. The van der Waals surface area contributed by atoms with Crippen LogP contribution in [0.15, 0.2) is 35.1 Å². The minimum Gasteiger partial charge on any atom is -0.477 e. The molecule has 6 nitrogen and oxygen atoms in total. The third-order valence-electron chi connectivity index (χ3n) is 4.75. The van der Waals surface area contributed by atoms with E-state index in [1.54, 1.807) is 6.92 Å². The van der Waals surface area contributed by atoms with E-state index in [1.165, 1.54) is 16.7 Å². The molecule has 128 valence electrons. The zero-order valence-corrected chi connectivity index (χ0v) is 14.7. The maximum atomic E-state index is 12.3. The molecular weight excluding hydrogens is 328 g/mol. The first-order valence-electron chi connectivity index (χ1n) is 7.88. The van der Waals surface area contributed by atoms with E-state index in [9.17, 15) is 19.8 Å². The maximum absolute atomic E-state index is 12.3. The van der Waals surface area contributed by atoms with E-state index in [1.807, 2.05) is 43.1 Å². The lowest BCUT2D eigenvalue weighted by atomic mass is 9.79. The quantitative estimate of drug-likeness (QED) is 0.610. The molecule has 2 aliphatic rings. The predicted octanol–water partition coefficient (Wildman–Crippen LogP) is 0.898. The van der Waals surface area contributed by atoms with Gasteiger partial charge in [-0.3, -0.25) is 4.79 Å². The van der Waals surface area contributed by atoms with Crippen LogP contribution in [-0.4, -0.2) is 39.1 Å². The molecule has 1 aromatic heterocycles. The van der Waals surface area contributed by atoms with Gasteiger partial charge in [0.05, 0.1) is 18.1 Å². The molecular formula is C17H21N2O4S+. The topological polar surface area (TPSA) is 81.7 Å². The van der Waals surface area contributed by atoms with Crippen LogP contribution in [0.4, 0.5) is 0 Å². The Hall–Kier alpha value is -1.86. The molecule has 1 aromatic rings. The van der Waals surface area contributed by atoms with Gasteiger partial charge in [0.15, 0.2) is 12.4 Å². The maximum Gasteiger partial charge on any atom is 0.353 e. The summed E-state index contributed by atoms with van der Waals surface area (Å²) in [7, 11) is 1.94. The Balaban J connectivity index is 1.84. The lowest BCUT2D eigenvalue weighted by Crippen LogP contribution is -2.63. The van der Waals surface area contributed by atoms with E-state index < -0.39 is 18.0 Å². The van der Waals surface area contributed by atoms with Crippen molar-refractivity contribution >= 4 is 23.6 Å². The van der Waals surface area contributed by atoms with Crippen molar-refractivity contribution in [3.63, 3.8) is 0 Å². The van der Waals surface area contributed by atoms with Crippen LogP contribution in [0.2, 0.25) is 0 Å². The van der Waals surface area contributed by atoms with Gasteiger partial charge in [0.25, 0.3) is 0 Å². The number of fused-ring (bicyclic) bond motifs is 1. The van der Waals surface area contributed by atoms with Gasteiger partial charge in [-0.05, 0) is 12.5 Å². The van der Waals surface area contributed by atoms with E-state index in [-0.39, 0.29) is 23.6 Å². The van der Waals surface area contributed by atoms with Gasteiger partial charge < -0.3 is 15.1 Å². The summed E-state index contributed by atoms with van der Waals surface area (Å²) in [5.41, 5.74) is 1.18. The van der Waals surface area contributed by atoms with Crippen LogP contribution in [0.25, 0.3) is 0 Å². The van der Waals surface area contributed by atoms with Gasteiger partial charge in [-0.25, -0.2) is 9.36 Å². The van der Waals surface area contributed by atoms with Crippen molar-refractivity contribution in [2.75, 3.05) is 0 Å². The molecule has 2 unspecified atom stereocenters. The number of β-lactam (4-membered cyclic amide) rings is 1. The van der Waals surface area contributed by atoms with Crippen molar-refractivity contribution in [2.24, 2.45) is 18.9 Å². The average molecular weight is 349 g/mol. The number of hydrogen-bond donors (Lipinski definition) is 2. The summed E-state index contributed by atoms with van der Waals surface area (Å²) in [6, 6.07) is 3.73. The Morgan fingerprint density at radius 2 is 2.04 bits per heavy atom. The van der Waals surface area contributed by atoms with E-state index in [2.05, 4.69) is 0 Å². The molecule has 3 heterocycles. The number of carboxylic acid groups (broad SMARTS) is 1. The highest BCUT2D eigenvalue weighted by Crippen LogP contribution is 2.50. The van der Waals surface area contributed by atoms with Crippen molar-refractivity contribution in [3.8, 4) is 0 Å². The first-order chi connectivity index (χ1) is 11.3. The highest BCUT2D eigenvalue weighted by Gasteiger charge is 2.59. The Morgan fingerprint density at radius 3 is 2.58 bits per heavy atom. The highest BCUT2D eigenvalue weighted by molar-refractivity contribution is 8.02. The van der Waals surface area contributed by atoms with Crippen LogP contribution in [0, 0.1) is 11.8 Å². The van der Waals surface area contributed by atoms with Crippen LogP contribution in [0.5, 0.6) is 0 Å². The normalized spacial score (nSPS) is 27.1. The molecule has 1 amide bonds. The number of hydrogen-bond acceptors (Lipinski definition) is 4. The summed E-state index contributed by atoms with van der Waals surface area (Å²) in [5.74, 6) is -1.32. The second kappa shape index (κ2) is 6.22. The van der Waals surface area contributed by atoms with E-state index in [0.29, 0.717) is 5.75 Å². The van der Waals surface area contributed by atoms with Gasteiger partial charge in [-0.2, -0.15) is 0 Å². The van der Waals surface area contributed by atoms with E-state index >= 15 is 0 Å². The molecule has 0 aromatic carbocycles. The molecule has 0 spiro atoms. The van der Waals surface area contributed by atoms with Crippen LogP contribution in [0.1, 0.15) is 19.4 Å². The van der Waals surface area contributed by atoms with Gasteiger partial charge >= 0.3 is 5.97 Å². The number of thioether (sulfide) groups is 1. The van der Waals surface area contributed by atoms with Gasteiger partial charge in [0, 0.05) is 28.7 Å². The fourth-order valence-corrected chi connectivity index (χ4v) is 4.74. The van der Waals surface area contributed by atoms with Crippen LogP contribution in [0.3, 0.4) is 0 Å². The van der Waals surface area contributed by atoms with Crippen LogP contribution >= 0.6 is 11.8 Å². The number of aryl methyl sites for hydroxylation is 1. The van der Waals surface area contributed by atoms with E-state index in [0.717, 1.165) is 10.5 Å². The monoisotopic (exact) mass is 349 g/mol. The first-order valence-corrected chi connectivity index (χ1v) is 8.87. The minimum atomic E-state index is -1.08. The smallest absolute Gasteiger partial charge is 0.353 e. The number of pyridine rings is 1. The Labute approximate surface area is 144 Å². The molecule has 2 N–H and O–H groups in total. The Bertz CT molecular complexity index is 714. The number of carbonyl (C=O) groups is 2. The Morgan fingerprint density at radius 1 is 1.42 bits per heavy atom. The summed E-state index contributed by atoms with van der Waals surface area (Å²) in [5, 5.41) is 19.4. The van der Waals surface area contributed by atoms with Gasteiger partial charge in [0.1, 0.15) is 12.7 Å². The van der Waals surface area contributed by atoms with Crippen molar-refractivity contribution in [1.82, 2.24) is 4.90 Å². The van der Waals surface area contributed by atoms with Gasteiger partial charge in [-0.1, -0.05) is 6.92 Å². The molecule has 0 aliphatic carbocycles. The molecule has 0 radical (unpaired) electrons. The molecule has 7 heteroatoms. The number of nitrogens with zero attached hydrogens (tertiary/aromatic N) is 2. The highest BCUT2D eigenvalue weighted by atomic mass is 32.2. The summed E-state index contributed by atoms with van der Waals surface area (Å²) >= 11 is 1.46. The standard InChI is InChI=1S/C17H20N2O4S/c1-9-13-12(10(2)20)16(21)19(13)14(17(22)23)15(9)24-8-11-4-6-18(3)7-5-11/h4-7,9-10,12-13,20H,8H2,1-3H3/p+1/t9-,10?,12-,13?/m1/s1. The number of aliphatic hydroxyl groups excluding tert-OH is 1. The summed E-state index contributed by atoms with van der Waals surface area (Å²) in [4.78, 5) is 26.0. The number of carbonyl (C=O) groups excluding carboxylic acids is 1. The van der Waals surface area contributed by atoms with Crippen molar-refractivity contribution in [3.05, 3.63) is 40.7 Å². The second-order valence-corrected chi connectivity index (χ2v) is 7.45. The Kier molecular flexibility index (Phi) is 4.40. The minimum absolute atomic E-state index is 0.0842. The van der Waals surface area contributed by atoms with Gasteiger partial charge in [-0.15, -0.1) is 11.8 Å². The zero-order valence-electron chi connectivity index (χ0n) is 13.8. The number of aliphatic carboxylic acids is 1. The zero-order chi connectivity index (χ0) is 17.6. The van der Waals surface area contributed by atoms with E-state index in [4.69, 9.17) is 0 Å². The van der Waals surface area contributed by atoms with Gasteiger partial charge in [0.2, 0.25) is 5.91 Å². The average Bonchev–Trinajstić information content (AvgIpc) is 2.76. The lowest BCUT2D eigenvalue weighted by Gasteiger charge is -2.46. The first kappa shape index (κ1) is 17.0. The lowest BCUT2D eigenvalue weighted by molar-refractivity contribution is -0.671. The number of aromatic nitrogens is 1. The number of amides is 1. The SMILES string of the molecule is CC(O)[C@H]1C(=O)N2C(C(=O)O)=C(SCc3cc[n+](C)cc3)[C@H](C)C12. The van der Waals surface area contributed by atoms with Crippen molar-refractivity contribution in [1.29, 1.82) is 0 Å². The molecule has 1 saturated heterocycles. The van der Waals surface area contributed by atoms with Crippen molar-refractivity contribution in [2.45, 2.75) is 31.7 Å². The summed E-state index contributed by atoms with van der Waals surface area (Å²) in [6.07, 6.45) is 3.12. The number of rotatable bonds is 5. The number of carboxylic acids is 1. The molecule has 1 fully saturated rings. The third kappa shape index (κ3) is 2.61. The molecule has 2 aliphatic heterocycles. The second-order valence-electron chi connectivity index (χ2n) is 6.43. The summed E-state index contributed by atoms with van der Waals surface area (Å²) < 4.78 is 1.94.